The maximum atomic E-state index is 12.5. The smallest absolute Gasteiger partial charge is 0.289 e. The first-order valence-electron chi connectivity index (χ1n) is 7.02. The van der Waals surface area contributed by atoms with Gasteiger partial charge in [-0.15, -0.1) is 0 Å². The molecule has 1 aromatic heterocycles. The fourth-order valence-corrected chi connectivity index (χ4v) is 2.49. The highest BCUT2D eigenvalue weighted by Crippen LogP contribution is 2.33. The highest BCUT2D eigenvalue weighted by molar-refractivity contribution is 6.32. The monoisotopic (exact) mass is 345 g/mol. The number of carbonyl (C=O) groups is 1. The molecule has 0 aliphatic heterocycles. The standard InChI is InChI=1S/C17H16ClN3O3/c1-10-5-11(2)21(20-10)17(22)13(9-19)6-12-7-14(18)16(24-4)8-15(12)23-3/h5-8H,1-4H3/b13-6+. The number of nitriles is 1. The zero-order valence-electron chi connectivity index (χ0n) is 13.8. The highest BCUT2D eigenvalue weighted by Gasteiger charge is 2.17. The third kappa shape index (κ3) is 3.42. The van der Waals surface area contributed by atoms with Crippen LogP contribution in [0.25, 0.3) is 6.08 Å². The largest absolute Gasteiger partial charge is 0.496 e. The number of rotatable bonds is 4. The number of aromatic nitrogens is 2. The Labute approximate surface area is 144 Å². The fraction of sp³-hybridized carbons (Fsp3) is 0.235. The number of nitrogens with zero attached hydrogens (tertiary/aromatic N) is 3. The Balaban J connectivity index is 2.52. The average molecular weight is 346 g/mol. The van der Waals surface area contributed by atoms with Gasteiger partial charge in [0.05, 0.1) is 24.9 Å². The van der Waals surface area contributed by atoms with Gasteiger partial charge in [0.15, 0.2) is 0 Å². The molecule has 0 saturated heterocycles. The van der Waals surface area contributed by atoms with Crippen LogP contribution < -0.4 is 9.47 Å². The Morgan fingerprint density at radius 3 is 2.42 bits per heavy atom. The Bertz CT molecular complexity index is 863. The number of benzene rings is 1. The molecular weight excluding hydrogens is 330 g/mol. The predicted molar refractivity (Wildman–Crippen MR) is 90.5 cm³/mol. The zero-order valence-corrected chi connectivity index (χ0v) is 14.5. The predicted octanol–water partition coefficient (Wildman–Crippen LogP) is 3.42. The number of carbonyl (C=O) groups excluding carboxylic acids is 1. The van der Waals surface area contributed by atoms with Crippen LogP contribution in [0.1, 0.15) is 21.7 Å². The summed E-state index contributed by atoms with van der Waals surface area (Å²) in [5.41, 5.74) is 1.76. The summed E-state index contributed by atoms with van der Waals surface area (Å²) in [5, 5.41) is 13.8. The van der Waals surface area contributed by atoms with E-state index < -0.39 is 5.91 Å². The Kier molecular flexibility index (Phi) is 5.27. The van der Waals surface area contributed by atoms with Gasteiger partial charge in [0.2, 0.25) is 0 Å². The van der Waals surface area contributed by atoms with Crippen LogP contribution in [-0.4, -0.2) is 29.9 Å². The van der Waals surface area contributed by atoms with Crippen molar-refractivity contribution in [2.75, 3.05) is 14.2 Å². The molecule has 0 atom stereocenters. The van der Waals surface area contributed by atoms with Gasteiger partial charge in [-0.1, -0.05) is 11.6 Å². The van der Waals surface area contributed by atoms with E-state index in [0.717, 1.165) is 0 Å². The maximum absolute atomic E-state index is 12.5. The third-order valence-corrected chi connectivity index (χ3v) is 3.65. The number of methoxy groups -OCH3 is 2. The molecule has 0 aliphatic carbocycles. The number of halogens is 1. The van der Waals surface area contributed by atoms with Crippen molar-refractivity contribution in [1.82, 2.24) is 9.78 Å². The van der Waals surface area contributed by atoms with Gasteiger partial charge in [-0.05, 0) is 32.1 Å². The van der Waals surface area contributed by atoms with Crippen molar-refractivity contribution in [3.63, 3.8) is 0 Å². The number of hydrogen-bond donors (Lipinski definition) is 0. The number of hydrogen-bond acceptors (Lipinski definition) is 5. The van der Waals surface area contributed by atoms with Gasteiger partial charge in [0, 0.05) is 17.3 Å². The van der Waals surface area contributed by atoms with Crippen molar-refractivity contribution in [2.24, 2.45) is 0 Å². The van der Waals surface area contributed by atoms with E-state index in [1.165, 1.54) is 25.0 Å². The molecule has 124 valence electrons. The molecule has 2 aromatic rings. The van der Waals surface area contributed by atoms with Crippen molar-refractivity contribution in [1.29, 1.82) is 5.26 Å². The molecule has 0 radical (unpaired) electrons. The van der Waals surface area contributed by atoms with E-state index in [1.54, 1.807) is 32.0 Å². The van der Waals surface area contributed by atoms with Gasteiger partial charge < -0.3 is 9.47 Å². The van der Waals surface area contributed by atoms with Crippen LogP contribution in [-0.2, 0) is 0 Å². The van der Waals surface area contributed by atoms with Crippen LogP contribution in [0.2, 0.25) is 5.02 Å². The maximum Gasteiger partial charge on any atom is 0.289 e. The molecule has 7 heteroatoms. The van der Waals surface area contributed by atoms with Gasteiger partial charge in [0.1, 0.15) is 23.1 Å². The second kappa shape index (κ2) is 7.20. The molecule has 6 nitrogen and oxygen atoms in total. The van der Waals surface area contributed by atoms with Crippen molar-refractivity contribution in [3.8, 4) is 17.6 Å². The van der Waals surface area contributed by atoms with E-state index in [9.17, 15) is 10.1 Å². The number of ether oxygens (including phenoxy) is 2. The van der Waals surface area contributed by atoms with Crippen LogP contribution in [0.15, 0.2) is 23.8 Å². The lowest BCUT2D eigenvalue weighted by molar-refractivity contribution is 0.0944. The van der Waals surface area contributed by atoms with Gasteiger partial charge in [-0.3, -0.25) is 4.79 Å². The van der Waals surface area contributed by atoms with Gasteiger partial charge >= 0.3 is 0 Å². The topological polar surface area (TPSA) is 77.1 Å². The van der Waals surface area contributed by atoms with Crippen molar-refractivity contribution < 1.29 is 14.3 Å². The van der Waals surface area contributed by atoms with Gasteiger partial charge in [-0.2, -0.15) is 10.4 Å². The summed E-state index contributed by atoms with van der Waals surface area (Å²) in [4.78, 5) is 12.5. The average Bonchev–Trinajstić information content (AvgIpc) is 2.90. The molecule has 0 unspecified atom stereocenters. The highest BCUT2D eigenvalue weighted by atomic mass is 35.5. The van der Waals surface area contributed by atoms with E-state index in [2.05, 4.69) is 5.10 Å². The molecule has 24 heavy (non-hydrogen) atoms. The second-order valence-corrected chi connectivity index (χ2v) is 5.45. The van der Waals surface area contributed by atoms with Gasteiger partial charge in [-0.25, -0.2) is 4.68 Å². The summed E-state index contributed by atoms with van der Waals surface area (Å²) in [6.07, 6.45) is 1.42. The lowest BCUT2D eigenvalue weighted by Crippen LogP contribution is -2.15. The fourth-order valence-electron chi connectivity index (χ4n) is 2.24. The molecule has 0 fully saturated rings. The second-order valence-electron chi connectivity index (χ2n) is 5.04. The van der Waals surface area contributed by atoms with Crippen LogP contribution >= 0.6 is 11.6 Å². The van der Waals surface area contributed by atoms with Crippen molar-refractivity contribution in [2.45, 2.75) is 13.8 Å². The third-order valence-electron chi connectivity index (χ3n) is 3.36. The minimum Gasteiger partial charge on any atom is -0.496 e. The van der Waals surface area contributed by atoms with E-state index in [4.69, 9.17) is 21.1 Å². The lowest BCUT2D eigenvalue weighted by Gasteiger charge is -2.10. The van der Waals surface area contributed by atoms with Gasteiger partial charge in [0.25, 0.3) is 5.91 Å². The molecule has 0 N–H and O–H groups in total. The van der Waals surface area contributed by atoms with Crippen LogP contribution in [0.3, 0.4) is 0 Å². The molecular formula is C17H16ClN3O3. The Morgan fingerprint density at radius 1 is 1.25 bits per heavy atom. The molecule has 0 amide bonds. The minimum absolute atomic E-state index is 0.0827. The normalized spacial score (nSPS) is 11.1. The summed E-state index contributed by atoms with van der Waals surface area (Å²) in [6, 6.07) is 6.84. The zero-order chi connectivity index (χ0) is 17.9. The van der Waals surface area contributed by atoms with Crippen LogP contribution in [0, 0.1) is 25.2 Å². The summed E-state index contributed by atoms with van der Waals surface area (Å²) in [7, 11) is 2.97. The van der Waals surface area contributed by atoms with Crippen molar-refractivity contribution in [3.05, 3.63) is 45.7 Å². The van der Waals surface area contributed by atoms with E-state index >= 15 is 0 Å². The lowest BCUT2D eigenvalue weighted by atomic mass is 10.1. The summed E-state index contributed by atoms with van der Waals surface area (Å²) in [5.74, 6) is 0.358. The number of aryl methyl sites for hydroxylation is 2. The molecule has 2 rings (SSSR count). The summed E-state index contributed by atoms with van der Waals surface area (Å²) in [6.45, 7) is 3.52. The van der Waals surface area contributed by atoms with Crippen LogP contribution in [0.5, 0.6) is 11.5 Å². The van der Waals surface area contributed by atoms with Crippen molar-refractivity contribution >= 4 is 23.6 Å². The molecule has 1 heterocycles. The number of allylic oxidation sites excluding steroid dienone is 1. The minimum atomic E-state index is -0.517. The molecule has 0 bridgehead atoms. The first-order valence-corrected chi connectivity index (χ1v) is 7.40. The molecule has 0 saturated carbocycles. The summed E-state index contributed by atoms with van der Waals surface area (Å²) >= 11 is 6.12. The Hall–Kier alpha value is -2.78. The van der Waals surface area contributed by atoms with E-state index in [-0.39, 0.29) is 5.57 Å². The Morgan fingerprint density at radius 2 is 1.92 bits per heavy atom. The van der Waals surface area contributed by atoms with E-state index in [0.29, 0.717) is 33.5 Å². The quantitative estimate of drug-likeness (QED) is 0.626. The van der Waals surface area contributed by atoms with Crippen LogP contribution in [0.4, 0.5) is 0 Å². The summed E-state index contributed by atoms with van der Waals surface area (Å²) < 4.78 is 11.6. The molecule has 0 spiro atoms. The SMILES string of the molecule is COc1cc(OC)c(/C=C(\C#N)C(=O)n2nc(C)cc2C)cc1Cl. The first kappa shape index (κ1) is 17.6. The molecule has 0 aliphatic rings. The molecule has 1 aromatic carbocycles. The van der Waals surface area contributed by atoms with E-state index in [1.807, 2.05) is 6.07 Å². The first-order chi connectivity index (χ1) is 11.4.